The van der Waals surface area contributed by atoms with Gasteiger partial charge in [0, 0.05) is 17.5 Å². The second-order valence-corrected chi connectivity index (χ2v) is 7.14. The van der Waals surface area contributed by atoms with Crippen molar-refractivity contribution in [3.05, 3.63) is 95.6 Å². The molecule has 29 heavy (non-hydrogen) atoms. The Labute approximate surface area is 171 Å². The van der Waals surface area contributed by atoms with Gasteiger partial charge in [-0.15, -0.1) is 11.8 Å². The molecule has 0 heterocycles. The first-order valence-electron chi connectivity index (χ1n) is 8.82. The zero-order valence-corrected chi connectivity index (χ0v) is 16.1. The summed E-state index contributed by atoms with van der Waals surface area (Å²) in [6.45, 7) is 0.363. The Hall–Kier alpha value is -3.19. The average molecular weight is 412 g/mol. The Morgan fingerprint density at radius 1 is 0.897 bits per heavy atom. The summed E-state index contributed by atoms with van der Waals surface area (Å²) in [4.78, 5) is 25.0. The maximum Gasteiger partial charge on any atom is 0.253 e. The van der Waals surface area contributed by atoms with Crippen molar-refractivity contribution in [1.82, 2.24) is 5.32 Å². The van der Waals surface area contributed by atoms with E-state index in [0.29, 0.717) is 17.8 Å². The first-order chi connectivity index (χ1) is 14.0. The molecular formula is C22H18F2N2O2S. The van der Waals surface area contributed by atoms with Crippen molar-refractivity contribution in [2.75, 3.05) is 11.1 Å². The topological polar surface area (TPSA) is 58.2 Å². The quantitative estimate of drug-likeness (QED) is 0.557. The highest BCUT2D eigenvalue weighted by Gasteiger charge is 2.14. The average Bonchev–Trinajstić information content (AvgIpc) is 2.72. The number of rotatable bonds is 7. The van der Waals surface area contributed by atoms with Crippen molar-refractivity contribution in [1.29, 1.82) is 0 Å². The Kier molecular flexibility index (Phi) is 6.97. The van der Waals surface area contributed by atoms with Crippen molar-refractivity contribution in [2.45, 2.75) is 11.4 Å². The molecule has 0 saturated carbocycles. The third-order valence-corrected chi connectivity index (χ3v) is 5.04. The van der Waals surface area contributed by atoms with Crippen LogP contribution in [0.3, 0.4) is 0 Å². The number of para-hydroxylation sites is 1. The van der Waals surface area contributed by atoms with Gasteiger partial charge < -0.3 is 10.6 Å². The zero-order chi connectivity index (χ0) is 20.6. The number of carbonyl (C=O) groups excluding carboxylic acids is 2. The van der Waals surface area contributed by atoms with E-state index in [-0.39, 0.29) is 16.6 Å². The molecule has 4 nitrogen and oxygen atoms in total. The molecule has 7 heteroatoms. The summed E-state index contributed by atoms with van der Waals surface area (Å²) in [5, 5.41) is 5.49. The van der Waals surface area contributed by atoms with Crippen LogP contribution in [0.25, 0.3) is 0 Å². The molecule has 3 rings (SSSR count). The maximum absolute atomic E-state index is 13.7. The van der Waals surface area contributed by atoms with Gasteiger partial charge in [-0.3, -0.25) is 9.59 Å². The summed E-state index contributed by atoms with van der Waals surface area (Å²) in [7, 11) is 0. The van der Waals surface area contributed by atoms with Gasteiger partial charge >= 0.3 is 0 Å². The normalized spacial score (nSPS) is 10.4. The molecule has 0 fully saturated rings. The second-order valence-electron chi connectivity index (χ2n) is 6.13. The number of amides is 2. The first kappa shape index (κ1) is 20.5. The van der Waals surface area contributed by atoms with E-state index in [0.717, 1.165) is 29.5 Å². The van der Waals surface area contributed by atoms with Crippen molar-refractivity contribution < 1.29 is 18.4 Å². The highest BCUT2D eigenvalue weighted by molar-refractivity contribution is 8.00. The highest BCUT2D eigenvalue weighted by atomic mass is 32.2. The van der Waals surface area contributed by atoms with Crippen LogP contribution in [0.15, 0.2) is 77.7 Å². The third-order valence-electron chi connectivity index (χ3n) is 3.99. The number of halogens is 2. The molecule has 0 aliphatic carbocycles. The monoisotopic (exact) mass is 412 g/mol. The summed E-state index contributed by atoms with van der Waals surface area (Å²) >= 11 is 0.951. The van der Waals surface area contributed by atoms with E-state index < -0.39 is 17.5 Å². The predicted octanol–water partition coefficient (Wildman–Crippen LogP) is 4.63. The lowest BCUT2D eigenvalue weighted by Crippen LogP contribution is -2.25. The number of thioether (sulfide) groups is 1. The minimum Gasteiger partial charge on any atom is -0.348 e. The second kappa shape index (κ2) is 9.84. The number of hydrogen-bond acceptors (Lipinski definition) is 3. The molecule has 0 unspecified atom stereocenters. The van der Waals surface area contributed by atoms with Crippen LogP contribution in [0.1, 0.15) is 15.9 Å². The van der Waals surface area contributed by atoms with Gasteiger partial charge in [-0.2, -0.15) is 0 Å². The zero-order valence-electron chi connectivity index (χ0n) is 15.3. The van der Waals surface area contributed by atoms with Crippen LogP contribution in [0, 0.1) is 11.6 Å². The third kappa shape index (κ3) is 5.89. The van der Waals surface area contributed by atoms with E-state index in [1.165, 1.54) is 6.07 Å². The number of benzene rings is 3. The maximum atomic E-state index is 13.7. The molecule has 2 N–H and O–H groups in total. The molecule has 2 amide bonds. The molecule has 0 radical (unpaired) electrons. The smallest absolute Gasteiger partial charge is 0.253 e. The van der Waals surface area contributed by atoms with Crippen LogP contribution < -0.4 is 10.6 Å². The predicted molar refractivity (Wildman–Crippen MR) is 110 cm³/mol. The molecule has 0 spiro atoms. The molecule has 0 aromatic heterocycles. The minimum absolute atomic E-state index is 0.0808. The van der Waals surface area contributed by atoms with Crippen molar-refractivity contribution >= 4 is 29.3 Å². The molecule has 0 saturated heterocycles. The highest BCUT2D eigenvalue weighted by Crippen LogP contribution is 2.23. The largest absolute Gasteiger partial charge is 0.348 e. The van der Waals surface area contributed by atoms with E-state index >= 15 is 0 Å². The minimum atomic E-state index is -0.719. The van der Waals surface area contributed by atoms with Crippen LogP contribution in [-0.2, 0) is 11.3 Å². The van der Waals surface area contributed by atoms with E-state index in [1.807, 2.05) is 30.3 Å². The molecule has 3 aromatic rings. The summed E-state index contributed by atoms with van der Waals surface area (Å²) < 4.78 is 26.6. The SMILES string of the molecule is O=C(CSc1ccc(F)cc1F)Nc1ccccc1C(=O)NCc1ccccc1. The van der Waals surface area contributed by atoms with Crippen molar-refractivity contribution in [3.8, 4) is 0 Å². The Balaban J connectivity index is 1.60. The van der Waals surface area contributed by atoms with Gasteiger partial charge in [-0.05, 0) is 29.8 Å². The fourth-order valence-electron chi connectivity index (χ4n) is 2.59. The van der Waals surface area contributed by atoms with E-state index in [4.69, 9.17) is 0 Å². The summed E-state index contributed by atoms with van der Waals surface area (Å²) in [5.74, 6) is -2.19. The molecule has 148 valence electrons. The van der Waals surface area contributed by atoms with E-state index in [2.05, 4.69) is 10.6 Å². The van der Waals surface area contributed by atoms with Crippen LogP contribution in [0.2, 0.25) is 0 Å². The lowest BCUT2D eigenvalue weighted by atomic mass is 10.1. The van der Waals surface area contributed by atoms with Crippen molar-refractivity contribution in [2.24, 2.45) is 0 Å². The van der Waals surface area contributed by atoms with Gasteiger partial charge in [-0.1, -0.05) is 42.5 Å². The fourth-order valence-corrected chi connectivity index (χ4v) is 3.31. The van der Waals surface area contributed by atoms with E-state index in [1.54, 1.807) is 24.3 Å². The van der Waals surface area contributed by atoms with Crippen LogP contribution >= 0.6 is 11.8 Å². The number of carbonyl (C=O) groups is 2. The first-order valence-corrected chi connectivity index (χ1v) is 9.80. The number of hydrogen-bond donors (Lipinski definition) is 2. The van der Waals surface area contributed by atoms with Crippen molar-refractivity contribution in [3.63, 3.8) is 0 Å². The molecule has 3 aromatic carbocycles. The molecular weight excluding hydrogens is 394 g/mol. The Morgan fingerprint density at radius 2 is 1.62 bits per heavy atom. The van der Waals surface area contributed by atoms with Crippen LogP contribution in [0.4, 0.5) is 14.5 Å². The lowest BCUT2D eigenvalue weighted by molar-refractivity contribution is -0.113. The Morgan fingerprint density at radius 3 is 2.38 bits per heavy atom. The molecule has 0 aliphatic heterocycles. The molecule has 0 atom stereocenters. The van der Waals surface area contributed by atoms with E-state index in [9.17, 15) is 18.4 Å². The molecule has 0 aliphatic rings. The van der Waals surface area contributed by atoms with Crippen LogP contribution in [-0.4, -0.2) is 17.6 Å². The Bertz CT molecular complexity index is 1010. The standard InChI is InChI=1S/C22H18F2N2O2S/c23-16-10-11-20(18(24)12-16)29-14-21(27)26-19-9-5-4-8-17(19)22(28)25-13-15-6-2-1-3-7-15/h1-12H,13-14H2,(H,25,28)(H,26,27). The van der Waals surface area contributed by atoms with Crippen LogP contribution in [0.5, 0.6) is 0 Å². The molecule has 0 bridgehead atoms. The summed E-state index contributed by atoms with van der Waals surface area (Å²) in [5.41, 5.74) is 1.65. The van der Waals surface area contributed by atoms with Gasteiger partial charge in [0.2, 0.25) is 5.91 Å². The van der Waals surface area contributed by atoms with Gasteiger partial charge in [-0.25, -0.2) is 8.78 Å². The van der Waals surface area contributed by atoms with Gasteiger partial charge in [0.05, 0.1) is 17.0 Å². The summed E-state index contributed by atoms with van der Waals surface area (Å²) in [6.07, 6.45) is 0. The van der Waals surface area contributed by atoms with Gasteiger partial charge in [0.25, 0.3) is 5.91 Å². The fraction of sp³-hybridized carbons (Fsp3) is 0.0909. The summed E-state index contributed by atoms with van der Waals surface area (Å²) in [6, 6.07) is 19.3. The lowest BCUT2D eigenvalue weighted by Gasteiger charge is -2.12. The number of anilines is 1. The number of nitrogens with one attached hydrogen (secondary N) is 2. The van der Waals surface area contributed by atoms with Gasteiger partial charge in [0.15, 0.2) is 0 Å². The van der Waals surface area contributed by atoms with Gasteiger partial charge in [0.1, 0.15) is 11.6 Å².